The Hall–Kier alpha value is -4.22. The van der Waals surface area contributed by atoms with Crippen molar-refractivity contribution in [3.05, 3.63) is 93.6 Å². The topological polar surface area (TPSA) is 166 Å². The van der Waals surface area contributed by atoms with Crippen molar-refractivity contribution in [3.8, 4) is 0 Å². The zero-order chi connectivity index (χ0) is 36.6. The van der Waals surface area contributed by atoms with E-state index >= 15 is 0 Å². The first-order chi connectivity index (χ1) is 24.5. The molecule has 51 heavy (non-hydrogen) atoms. The molecule has 1 aromatic heterocycles. The van der Waals surface area contributed by atoms with Gasteiger partial charge >= 0.3 is 13.0 Å². The van der Waals surface area contributed by atoms with Gasteiger partial charge in [-0.25, -0.2) is 9.78 Å². The molecule has 5 rings (SSSR count). The molecule has 4 atom stereocenters. The van der Waals surface area contributed by atoms with Crippen LogP contribution < -0.4 is 16.0 Å². The fraction of sp³-hybridized carbons (Fsp3) is 0.417. The second-order valence-corrected chi connectivity index (χ2v) is 14.6. The number of benzene rings is 2. The number of rotatable bonds is 17. The number of hydrogen-bond acceptors (Lipinski definition) is 9. The van der Waals surface area contributed by atoms with Crippen LogP contribution in [0.1, 0.15) is 54.7 Å². The molecule has 3 amide bonds. The molecule has 0 bridgehead atoms. The van der Waals surface area contributed by atoms with Crippen LogP contribution in [-0.4, -0.2) is 95.3 Å². The zero-order valence-corrected chi connectivity index (χ0v) is 31.1. The normalized spacial score (nSPS) is 20.6. The first-order valence-electron chi connectivity index (χ1n) is 17.1. The Morgan fingerprint density at radius 1 is 1.04 bits per heavy atom. The van der Waals surface area contributed by atoms with E-state index < -0.39 is 48.3 Å². The molecule has 15 heteroatoms. The van der Waals surface area contributed by atoms with E-state index in [0.29, 0.717) is 19.3 Å². The molecule has 0 aliphatic carbocycles. The van der Waals surface area contributed by atoms with Crippen molar-refractivity contribution >= 4 is 59.1 Å². The molecule has 13 nitrogen and oxygen atoms in total. The first kappa shape index (κ1) is 38.0. The van der Waals surface area contributed by atoms with Crippen LogP contribution in [0.2, 0.25) is 0 Å². The Bertz CT molecular complexity index is 1720. The predicted octanol–water partition coefficient (Wildman–Crippen LogP) is 2.42. The Kier molecular flexibility index (Phi) is 12.6. The molecule has 2 aromatic carbocycles. The Morgan fingerprint density at radius 2 is 1.78 bits per heavy atom. The third-order valence-corrected chi connectivity index (χ3v) is 10.1. The van der Waals surface area contributed by atoms with Crippen LogP contribution in [0.4, 0.5) is 0 Å². The first-order valence-corrected chi connectivity index (χ1v) is 18.2. The smallest absolute Gasteiger partial charge is 0.398 e. The number of quaternary nitrogens is 1. The van der Waals surface area contributed by atoms with Crippen molar-refractivity contribution < 1.29 is 37.8 Å². The maximum atomic E-state index is 14.1. The second-order valence-electron chi connectivity index (χ2n) is 13.4. The lowest BCUT2D eigenvalue weighted by atomic mass is 9.53. The molecule has 3 aromatic rings. The molecule has 2 fully saturated rings. The van der Waals surface area contributed by atoms with Crippen LogP contribution in [0.5, 0.6) is 0 Å². The molecule has 1 radical (unpaired) electrons. The van der Waals surface area contributed by atoms with Gasteiger partial charge < -0.3 is 29.7 Å². The van der Waals surface area contributed by atoms with Gasteiger partial charge in [0.15, 0.2) is 0 Å². The van der Waals surface area contributed by atoms with Gasteiger partial charge in [-0.2, -0.15) is 0 Å². The van der Waals surface area contributed by atoms with E-state index in [4.69, 9.17) is 9.39 Å². The van der Waals surface area contributed by atoms with E-state index in [-0.39, 0.29) is 48.0 Å². The highest BCUT2D eigenvalue weighted by Crippen LogP contribution is 2.50. The molecule has 2 aliphatic rings. The van der Waals surface area contributed by atoms with Gasteiger partial charge in [-0.15, -0.1) is 0 Å². The summed E-state index contributed by atoms with van der Waals surface area (Å²) in [6, 6.07) is 16.5. The van der Waals surface area contributed by atoms with E-state index in [1.165, 1.54) is 25.7 Å². The minimum absolute atomic E-state index is 0.0240. The van der Waals surface area contributed by atoms with Gasteiger partial charge in [0.2, 0.25) is 11.8 Å². The maximum Gasteiger partial charge on any atom is 0.398 e. The van der Waals surface area contributed by atoms with E-state index in [2.05, 4.69) is 60.6 Å². The van der Waals surface area contributed by atoms with Crippen molar-refractivity contribution in [2.45, 2.75) is 63.7 Å². The molecule has 0 saturated carbocycles. The van der Waals surface area contributed by atoms with Gasteiger partial charge in [-0.05, 0) is 70.6 Å². The van der Waals surface area contributed by atoms with Gasteiger partial charge in [0.05, 0.1) is 26.4 Å². The third-order valence-electron chi connectivity index (χ3n) is 9.38. The summed E-state index contributed by atoms with van der Waals surface area (Å²) in [5.74, 6) is -2.96. The number of nitrogens with zero attached hydrogens (tertiary/aromatic N) is 3. The number of carbonyl (C=O) groups excluding carboxylic acids is 5. The fourth-order valence-electron chi connectivity index (χ4n) is 6.90. The summed E-state index contributed by atoms with van der Waals surface area (Å²) in [6.07, 6.45) is 6.56. The van der Waals surface area contributed by atoms with E-state index in [0.717, 1.165) is 21.1 Å². The lowest BCUT2D eigenvalue weighted by molar-refractivity contribution is -0.953. The largest absolute Gasteiger partial charge is 0.497 e. The number of aryl methyl sites for hydroxylation is 1. The number of ether oxygens (including phenoxy) is 1. The van der Waals surface area contributed by atoms with Gasteiger partial charge in [-0.1, -0.05) is 62.7 Å². The van der Waals surface area contributed by atoms with E-state index in [9.17, 15) is 24.0 Å². The van der Waals surface area contributed by atoms with Crippen molar-refractivity contribution in [1.29, 1.82) is 0 Å². The van der Waals surface area contributed by atoms with Crippen molar-refractivity contribution in [3.63, 3.8) is 0 Å². The number of methoxy groups -OCH3 is 1. The Morgan fingerprint density at radius 3 is 2.43 bits per heavy atom. The molecule has 3 heterocycles. The maximum absolute atomic E-state index is 14.1. The number of esters is 1. The number of Topliss-reactive ketones (excluding diaryl/α,β-unsaturated/α-hetero) is 1. The van der Waals surface area contributed by atoms with Crippen molar-refractivity contribution in [1.82, 2.24) is 25.9 Å². The molecule has 2 saturated heterocycles. The quantitative estimate of drug-likeness (QED) is 0.0805. The van der Waals surface area contributed by atoms with Crippen LogP contribution in [0.25, 0.3) is 0 Å². The second kappa shape index (κ2) is 16.9. The minimum Gasteiger partial charge on any atom is -0.497 e. The van der Waals surface area contributed by atoms with Crippen LogP contribution in [0.15, 0.2) is 73.2 Å². The van der Waals surface area contributed by atoms with Gasteiger partial charge in [0.25, 0.3) is 17.4 Å². The van der Waals surface area contributed by atoms with Crippen molar-refractivity contribution in [2.75, 3.05) is 26.7 Å². The van der Waals surface area contributed by atoms with E-state index in [1.807, 2.05) is 56.3 Å². The van der Waals surface area contributed by atoms with Crippen LogP contribution >= 0.6 is 22.6 Å². The Labute approximate surface area is 311 Å². The molecule has 2 unspecified atom stereocenters. The molecule has 3 N–H and O–H groups in total. The molecule has 2 aliphatic heterocycles. The highest BCUT2D eigenvalue weighted by atomic mass is 127. The van der Waals surface area contributed by atoms with Crippen LogP contribution in [-0.2, 0) is 41.4 Å². The van der Waals surface area contributed by atoms with E-state index in [1.54, 1.807) is 0 Å². The van der Waals surface area contributed by atoms with Crippen molar-refractivity contribution in [2.24, 2.45) is 5.92 Å². The summed E-state index contributed by atoms with van der Waals surface area (Å²) >= 11 is 2.25. The number of hydrogen-bond donors (Lipinski definition) is 3. The minimum atomic E-state index is -1.86. The number of aromatic nitrogens is 2. The number of fused-ring (bicyclic) bond motifs is 1. The number of halogens is 1. The predicted molar refractivity (Wildman–Crippen MR) is 197 cm³/mol. The zero-order valence-electron chi connectivity index (χ0n) is 29.0. The SMILES string of the molecule is COC(=O)C12O[B-]([C@H](CC(C)C)NC(=O)[C@H](Cc3ccccc3)NC(=O)c3cnccn3)[N+]1(CCNC(=O)CCCc1ccc(I)cc1)CC2=O. The van der Waals surface area contributed by atoms with Gasteiger partial charge in [-0.3, -0.25) is 24.2 Å². The molecular weight excluding hydrogens is 766 g/mol. The number of amides is 3. The standard InChI is InChI=1S/C36H42BIN6O7/c1-24(2)20-31(43-33(47)28(21-26-8-5-4-6-9-26)42-34(48)29-22-39-16-17-40-29)37-44(23-30(45)36(44,51-37)35(49)50-3)19-18-41-32(46)11-7-10-25-12-14-27(38)15-13-25/h4-6,8-9,12-17,22,24,28,31H,7,10-11,18-21,23H2,1-3H3,(H2-,41,42,43,46,47,48)/q-1/p+1/t28-,31-,36?,44?/m0/s1. The van der Waals surface area contributed by atoms with Gasteiger partial charge in [0.1, 0.15) is 18.3 Å². The lowest BCUT2D eigenvalue weighted by Crippen LogP contribution is -3.00. The number of ketones is 1. The molecular formula is C36H43BIN6O7. The summed E-state index contributed by atoms with van der Waals surface area (Å²) in [5, 5.41) is 8.84. The monoisotopic (exact) mass is 809 g/mol. The lowest BCUT2D eigenvalue weighted by Gasteiger charge is -2.78. The summed E-state index contributed by atoms with van der Waals surface area (Å²) in [5.41, 5.74) is 0.182. The highest BCUT2D eigenvalue weighted by Gasteiger charge is 2.79. The average molecular weight is 809 g/mol. The molecule has 0 spiro atoms. The summed E-state index contributed by atoms with van der Waals surface area (Å²) in [7, 11) is 0.407. The fourth-order valence-corrected chi connectivity index (χ4v) is 7.26. The summed E-state index contributed by atoms with van der Waals surface area (Å²) < 4.78 is 12.3. The van der Waals surface area contributed by atoms with Crippen LogP contribution in [0, 0.1) is 9.49 Å². The molecule has 269 valence electrons. The summed E-state index contributed by atoms with van der Waals surface area (Å²) in [4.78, 5) is 74.3. The van der Waals surface area contributed by atoms with Gasteiger partial charge in [0, 0.05) is 28.8 Å². The van der Waals surface area contributed by atoms with Crippen LogP contribution in [0.3, 0.4) is 0 Å². The number of carbonyl (C=O) groups is 5. The number of nitrogens with one attached hydrogen (secondary N) is 3. The highest BCUT2D eigenvalue weighted by molar-refractivity contribution is 14.1. The Balaban J connectivity index is 1.31. The third kappa shape index (κ3) is 8.47. The average Bonchev–Trinajstić information content (AvgIpc) is 3.11. The summed E-state index contributed by atoms with van der Waals surface area (Å²) in [6.45, 7) is 4.34.